The molecule has 2 rings (SSSR count). The number of hydrogen-bond donors (Lipinski definition) is 3. The van der Waals surface area contributed by atoms with Gasteiger partial charge in [0.05, 0.1) is 22.5 Å². The van der Waals surface area contributed by atoms with Crippen molar-refractivity contribution >= 4 is 23.0 Å². The zero-order valence-electron chi connectivity index (χ0n) is 9.51. The molecule has 0 aliphatic heterocycles. The Hall–Kier alpha value is -2.90. The first kappa shape index (κ1) is 12.6. The summed E-state index contributed by atoms with van der Waals surface area (Å²) in [5.74, 6) is -1.20. The number of anilines is 2. The minimum absolute atomic E-state index is 0.0182. The van der Waals surface area contributed by atoms with Crippen LogP contribution in [0.1, 0.15) is 10.5 Å². The first-order valence-corrected chi connectivity index (χ1v) is 5.16. The molecular formula is C11H9FN4O3. The first-order chi connectivity index (χ1) is 8.97. The van der Waals surface area contributed by atoms with Crippen molar-refractivity contribution in [3.05, 3.63) is 52.1 Å². The third-order valence-electron chi connectivity index (χ3n) is 2.39. The number of halogens is 1. The summed E-state index contributed by atoms with van der Waals surface area (Å²) in [6.07, 6.45) is 1.09. The predicted molar refractivity (Wildman–Crippen MR) is 66.2 cm³/mol. The van der Waals surface area contributed by atoms with Crippen molar-refractivity contribution < 1.29 is 14.1 Å². The normalized spacial score (nSPS) is 10.2. The summed E-state index contributed by atoms with van der Waals surface area (Å²) in [5, 5.41) is 12.8. The van der Waals surface area contributed by atoms with Crippen LogP contribution in [-0.2, 0) is 0 Å². The lowest BCUT2D eigenvalue weighted by molar-refractivity contribution is -0.384. The van der Waals surface area contributed by atoms with E-state index >= 15 is 0 Å². The lowest BCUT2D eigenvalue weighted by Crippen LogP contribution is -2.13. The zero-order valence-corrected chi connectivity index (χ0v) is 9.51. The van der Waals surface area contributed by atoms with Crippen LogP contribution in [0.5, 0.6) is 0 Å². The molecule has 1 aromatic heterocycles. The van der Waals surface area contributed by atoms with E-state index in [2.05, 4.69) is 10.3 Å². The van der Waals surface area contributed by atoms with Crippen molar-refractivity contribution in [2.24, 2.45) is 0 Å². The maximum absolute atomic E-state index is 13.0. The standard InChI is InChI=1S/C11H9FN4O3/c12-6-1-2-8(13)9(3-6)15-11(17)10-4-7(5-14-10)16(18)19/h1-5,14H,13H2,(H,15,17). The monoisotopic (exact) mass is 264 g/mol. The Labute approximate surface area is 106 Å². The fraction of sp³-hybridized carbons (Fsp3) is 0. The van der Waals surface area contributed by atoms with Gasteiger partial charge in [-0.05, 0) is 18.2 Å². The summed E-state index contributed by atoms with van der Waals surface area (Å²) >= 11 is 0. The van der Waals surface area contributed by atoms with E-state index in [1.54, 1.807) is 0 Å². The Bertz CT molecular complexity index is 653. The number of nitrogens with zero attached hydrogens (tertiary/aromatic N) is 1. The molecule has 98 valence electrons. The minimum atomic E-state index is -0.648. The van der Waals surface area contributed by atoms with E-state index in [-0.39, 0.29) is 22.8 Å². The molecule has 0 spiro atoms. The second-order valence-corrected chi connectivity index (χ2v) is 3.71. The molecule has 1 heterocycles. The van der Waals surface area contributed by atoms with Crippen LogP contribution in [0.2, 0.25) is 0 Å². The maximum Gasteiger partial charge on any atom is 0.287 e. The van der Waals surface area contributed by atoms with Crippen LogP contribution >= 0.6 is 0 Å². The fourth-order valence-electron chi connectivity index (χ4n) is 1.45. The van der Waals surface area contributed by atoms with Crippen molar-refractivity contribution in [3.8, 4) is 0 Å². The van der Waals surface area contributed by atoms with Gasteiger partial charge in [-0.3, -0.25) is 14.9 Å². The van der Waals surface area contributed by atoms with Gasteiger partial charge in [-0.1, -0.05) is 0 Å². The highest BCUT2D eigenvalue weighted by atomic mass is 19.1. The highest BCUT2D eigenvalue weighted by Crippen LogP contribution is 2.20. The van der Waals surface area contributed by atoms with Crippen LogP contribution < -0.4 is 11.1 Å². The Morgan fingerprint density at radius 3 is 2.79 bits per heavy atom. The quantitative estimate of drug-likeness (QED) is 0.446. The van der Waals surface area contributed by atoms with E-state index in [0.29, 0.717) is 0 Å². The van der Waals surface area contributed by atoms with Crippen LogP contribution in [0.3, 0.4) is 0 Å². The number of rotatable bonds is 3. The lowest BCUT2D eigenvalue weighted by atomic mass is 10.2. The Balaban J connectivity index is 2.20. The highest BCUT2D eigenvalue weighted by molar-refractivity contribution is 6.04. The number of benzene rings is 1. The molecule has 0 aliphatic carbocycles. The van der Waals surface area contributed by atoms with Crippen molar-refractivity contribution in [1.29, 1.82) is 0 Å². The number of nitrogens with two attached hydrogens (primary N) is 1. The van der Waals surface area contributed by atoms with Gasteiger partial charge in [-0.25, -0.2) is 4.39 Å². The van der Waals surface area contributed by atoms with Gasteiger partial charge >= 0.3 is 0 Å². The van der Waals surface area contributed by atoms with Gasteiger partial charge in [0.25, 0.3) is 11.6 Å². The number of hydrogen-bond acceptors (Lipinski definition) is 4. The number of aromatic amines is 1. The smallest absolute Gasteiger partial charge is 0.287 e. The van der Waals surface area contributed by atoms with Gasteiger partial charge in [0.15, 0.2) is 0 Å². The third-order valence-corrected chi connectivity index (χ3v) is 2.39. The molecule has 4 N–H and O–H groups in total. The van der Waals surface area contributed by atoms with Gasteiger partial charge < -0.3 is 16.0 Å². The number of carbonyl (C=O) groups excluding carboxylic acids is 1. The topological polar surface area (TPSA) is 114 Å². The lowest BCUT2D eigenvalue weighted by Gasteiger charge is -2.06. The Kier molecular flexibility index (Phi) is 3.15. The number of aromatic nitrogens is 1. The van der Waals surface area contributed by atoms with E-state index < -0.39 is 16.6 Å². The van der Waals surface area contributed by atoms with E-state index in [0.717, 1.165) is 24.4 Å². The second-order valence-electron chi connectivity index (χ2n) is 3.71. The average Bonchev–Trinajstić information content (AvgIpc) is 2.83. The molecule has 0 saturated carbocycles. The van der Waals surface area contributed by atoms with Gasteiger partial charge in [0.2, 0.25) is 0 Å². The van der Waals surface area contributed by atoms with E-state index in [1.807, 2.05) is 0 Å². The summed E-state index contributed by atoms with van der Waals surface area (Å²) in [5.41, 5.74) is 5.60. The van der Waals surface area contributed by atoms with Gasteiger partial charge in [0.1, 0.15) is 11.5 Å². The molecule has 2 aromatic rings. The summed E-state index contributed by atoms with van der Waals surface area (Å²) < 4.78 is 13.0. The number of carbonyl (C=O) groups is 1. The average molecular weight is 264 g/mol. The summed E-state index contributed by atoms with van der Waals surface area (Å²) in [4.78, 5) is 24.1. The van der Waals surface area contributed by atoms with E-state index in [4.69, 9.17) is 5.73 Å². The van der Waals surface area contributed by atoms with E-state index in [9.17, 15) is 19.3 Å². The molecule has 0 saturated heterocycles. The molecular weight excluding hydrogens is 255 g/mol. The number of nitrogen functional groups attached to an aromatic ring is 1. The van der Waals surface area contributed by atoms with Crippen LogP contribution in [0, 0.1) is 15.9 Å². The molecule has 0 aliphatic rings. The van der Waals surface area contributed by atoms with Crippen LogP contribution in [0.15, 0.2) is 30.5 Å². The molecule has 0 fully saturated rings. The highest BCUT2D eigenvalue weighted by Gasteiger charge is 2.15. The molecule has 0 bridgehead atoms. The maximum atomic E-state index is 13.0. The summed E-state index contributed by atoms with van der Waals surface area (Å²) in [6, 6.07) is 4.60. The van der Waals surface area contributed by atoms with Crippen LogP contribution in [-0.4, -0.2) is 15.8 Å². The van der Waals surface area contributed by atoms with Crippen molar-refractivity contribution in [2.75, 3.05) is 11.1 Å². The van der Waals surface area contributed by atoms with Crippen LogP contribution in [0.4, 0.5) is 21.5 Å². The van der Waals surface area contributed by atoms with Crippen LogP contribution in [0.25, 0.3) is 0 Å². The number of nitro groups is 1. The second kappa shape index (κ2) is 4.77. The van der Waals surface area contributed by atoms with Gasteiger partial charge in [0, 0.05) is 6.07 Å². The summed E-state index contributed by atoms with van der Waals surface area (Å²) in [6.45, 7) is 0. The number of H-pyrrole nitrogens is 1. The fourth-order valence-corrected chi connectivity index (χ4v) is 1.45. The SMILES string of the molecule is Nc1ccc(F)cc1NC(=O)c1cc([N+](=O)[O-])c[nH]1. The van der Waals surface area contributed by atoms with Crippen molar-refractivity contribution in [2.45, 2.75) is 0 Å². The molecule has 0 radical (unpaired) electrons. The number of nitrogens with one attached hydrogen (secondary N) is 2. The van der Waals surface area contributed by atoms with Gasteiger partial charge in [-0.15, -0.1) is 0 Å². The summed E-state index contributed by atoms with van der Waals surface area (Å²) in [7, 11) is 0. The minimum Gasteiger partial charge on any atom is -0.397 e. The number of amides is 1. The predicted octanol–water partition coefficient (Wildman–Crippen LogP) is 1.90. The molecule has 1 aromatic carbocycles. The van der Waals surface area contributed by atoms with Crippen molar-refractivity contribution in [1.82, 2.24) is 4.98 Å². The molecule has 0 unspecified atom stereocenters. The molecule has 19 heavy (non-hydrogen) atoms. The van der Waals surface area contributed by atoms with Gasteiger partial charge in [-0.2, -0.15) is 0 Å². The third kappa shape index (κ3) is 2.68. The first-order valence-electron chi connectivity index (χ1n) is 5.16. The molecule has 8 heteroatoms. The largest absolute Gasteiger partial charge is 0.397 e. The van der Waals surface area contributed by atoms with Crippen molar-refractivity contribution in [3.63, 3.8) is 0 Å². The molecule has 0 atom stereocenters. The Morgan fingerprint density at radius 1 is 1.42 bits per heavy atom. The Morgan fingerprint density at radius 2 is 2.16 bits per heavy atom. The molecule has 7 nitrogen and oxygen atoms in total. The zero-order chi connectivity index (χ0) is 14.0. The molecule has 1 amide bonds. The van der Waals surface area contributed by atoms with E-state index in [1.165, 1.54) is 6.07 Å².